The monoisotopic (exact) mass is 1470 g/mol. The summed E-state index contributed by atoms with van der Waals surface area (Å²) < 4.78 is 132. The van der Waals surface area contributed by atoms with E-state index in [0.29, 0.717) is 334 Å². The van der Waals surface area contributed by atoms with Gasteiger partial charge in [0.1, 0.15) is 6.04 Å². The van der Waals surface area contributed by atoms with Crippen LogP contribution in [0.4, 0.5) is 0 Å². The van der Waals surface area contributed by atoms with E-state index < -0.39 is 35.6 Å². The lowest BCUT2D eigenvalue weighted by Gasteiger charge is -2.17. The topological polar surface area (TPSA) is 381 Å². The summed E-state index contributed by atoms with van der Waals surface area (Å²) in [5, 5.41) is 27.1. The Morgan fingerprint density at radius 2 is 0.574 bits per heavy atom. The molecule has 0 aliphatic carbocycles. The van der Waals surface area contributed by atoms with E-state index in [-0.39, 0.29) is 38.3 Å². The molecular formula is C66H124N4O31. The van der Waals surface area contributed by atoms with E-state index in [1.54, 1.807) is 7.11 Å². The van der Waals surface area contributed by atoms with Crippen molar-refractivity contribution in [3.8, 4) is 11.8 Å². The van der Waals surface area contributed by atoms with Gasteiger partial charge in [0.25, 0.3) is 0 Å². The van der Waals surface area contributed by atoms with Crippen molar-refractivity contribution in [3.05, 3.63) is 12.1 Å². The number of unbranched alkanes of at least 4 members (excludes halogenated alkanes) is 2. The summed E-state index contributed by atoms with van der Waals surface area (Å²) in [6.45, 7) is 23.6. The Balaban J connectivity index is 1.68. The van der Waals surface area contributed by atoms with E-state index in [2.05, 4.69) is 16.0 Å². The molecule has 0 spiro atoms. The van der Waals surface area contributed by atoms with Gasteiger partial charge in [0.05, 0.1) is 311 Å². The first-order chi connectivity index (χ1) is 49.7. The van der Waals surface area contributed by atoms with Gasteiger partial charge in [-0.2, -0.15) is 0 Å². The number of nitrogens with zero attached hydrogens (tertiary/aromatic N) is 1. The van der Waals surface area contributed by atoms with Crippen molar-refractivity contribution in [2.75, 3.05) is 331 Å². The van der Waals surface area contributed by atoms with Gasteiger partial charge in [-0.15, -0.1) is 4.73 Å². The Bertz CT molecular complexity index is 1920. The number of hydrogen-bond donors (Lipinski definition) is 5. The Morgan fingerprint density at radius 3 is 0.822 bits per heavy atom. The van der Waals surface area contributed by atoms with Gasteiger partial charge in [0, 0.05) is 52.1 Å². The van der Waals surface area contributed by atoms with Gasteiger partial charge in [-0.05, 0) is 19.3 Å². The Hall–Kier alpha value is -4.20. The summed E-state index contributed by atoms with van der Waals surface area (Å²) in [4.78, 5) is 53.6. The molecule has 0 aliphatic heterocycles. The lowest BCUT2D eigenvalue weighted by molar-refractivity contribution is -0.145. The Morgan fingerprint density at radius 1 is 0.327 bits per heavy atom. The molecule has 1 aromatic heterocycles. The quantitative estimate of drug-likeness (QED) is 0.0534. The van der Waals surface area contributed by atoms with Crippen LogP contribution in [-0.2, 0) is 133 Å². The highest BCUT2D eigenvalue weighted by atomic mass is 16.7. The van der Waals surface area contributed by atoms with Crippen LogP contribution >= 0.6 is 0 Å². The van der Waals surface area contributed by atoms with Crippen LogP contribution in [0.25, 0.3) is 0 Å². The second kappa shape index (κ2) is 78.4. The average molecular weight is 1470 g/mol. The predicted octanol–water partition coefficient (Wildman–Crippen LogP) is -0.0396. The number of nitrogens with one attached hydrogen (secondary N) is 3. The molecule has 1 unspecified atom stereocenters. The number of aromatic hydroxyl groups is 2. The highest BCUT2D eigenvalue weighted by Gasteiger charge is 2.20. The number of aromatic nitrogens is 1. The van der Waals surface area contributed by atoms with Crippen molar-refractivity contribution in [1.82, 2.24) is 20.7 Å². The molecule has 0 saturated carbocycles. The molecule has 1 aromatic rings. The van der Waals surface area contributed by atoms with E-state index in [9.17, 15) is 29.4 Å². The summed E-state index contributed by atoms with van der Waals surface area (Å²) >= 11 is 0. The molecule has 1 heterocycles. The van der Waals surface area contributed by atoms with Crippen molar-refractivity contribution in [3.63, 3.8) is 0 Å². The fourth-order valence-corrected chi connectivity index (χ4v) is 7.77. The van der Waals surface area contributed by atoms with E-state index >= 15 is 0 Å². The van der Waals surface area contributed by atoms with Gasteiger partial charge >= 0.3 is 5.97 Å². The Kier molecular flexibility index (Phi) is 73.6. The van der Waals surface area contributed by atoms with Gasteiger partial charge in [0.2, 0.25) is 29.5 Å². The lowest BCUT2D eigenvalue weighted by Crippen LogP contribution is -2.47. The first-order valence-corrected chi connectivity index (χ1v) is 35.1. The molecule has 594 valence electrons. The smallest absolute Gasteiger partial charge is 0.333 e. The first-order valence-electron chi connectivity index (χ1n) is 35.1. The van der Waals surface area contributed by atoms with Crippen LogP contribution in [0.15, 0.2) is 12.1 Å². The molecule has 5 N–H and O–H groups in total. The fraction of sp³-hybridized carbons (Fsp3) is 0.879. The number of amides is 3. The molecule has 0 aromatic carbocycles. The van der Waals surface area contributed by atoms with Crippen LogP contribution in [0.5, 0.6) is 11.8 Å². The summed E-state index contributed by atoms with van der Waals surface area (Å²) in [6.07, 6.45) is 1.84. The third-order valence-electron chi connectivity index (χ3n) is 12.9. The van der Waals surface area contributed by atoms with Crippen molar-refractivity contribution in [2.45, 2.75) is 51.5 Å². The van der Waals surface area contributed by atoms with Gasteiger partial charge in [-0.1, -0.05) is 6.42 Å². The standard InChI is InChI=1S/C66H124N4O31/c1-60(71)69-61(7-8-62(72)67-11-5-3-4-6-65(75)101-70-63(73)9-10-64(70)74)66(76)68-12-13-78-16-17-80-20-21-82-24-25-84-28-29-86-32-33-88-36-37-90-40-41-92-44-45-94-48-49-96-52-53-98-56-57-100-59-58-99-55-54-97-51-50-95-47-46-93-43-42-91-39-38-89-35-34-87-31-30-85-27-26-83-23-22-81-19-18-79-15-14-77-2/h9-10,61,73-74H,3-8,11-59H2,1-2H3,(H,67,72)(H,68,76)(H,69,71). The second-order valence-electron chi connectivity index (χ2n) is 21.1. The van der Waals surface area contributed by atoms with Gasteiger partial charge < -0.3 is 145 Å². The van der Waals surface area contributed by atoms with E-state index in [1.807, 2.05) is 0 Å². The number of ether oxygens (including phenoxy) is 24. The molecule has 101 heavy (non-hydrogen) atoms. The van der Waals surface area contributed by atoms with Gasteiger partial charge in [-0.3, -0.25) is 14.4 Å². The largest absolute Gasteiger partial charge is 0.492 e. The predicted molar refractivity (Wildman–Crippen MR) is 361 cm³/mol. The zero-order valence-corrected chi connectivity index (χ0v) is 60.3. The molecule has 0 radical (unpaired) electrons. The zero-order chi connectivity index (χ0) is 72.7. The van der Waals surface area contributed by atoms with Crippen LogP contribution in [-0.4, -0.2) is 375 Å². The van der Waals surface area contributed by atoms with Crippen LogP contribution in [0.3, 0.4) is 0 Å². The molecule has 35 nitrogen and oxygen atoms in total. The molecular weight excluding hydrogens is 1340 g/mol. The highest BCUT2D eigenvalue weighted by Crippen LogP contribution is 2.19. The molecule has 0 bridgehead atoms. The number of rotatable bonds is 84. The molecule has 0 saturated heterocycles. The van der Waals surface area contributed by atoms with Gasteiger partial charge in [0.15, 0.2) is 0 Å². The number of carbonyl (C=O) groups excluding carboxylic acids is 4. The molecule has 1 atom stereocenters. The summed E-state index contributed by atoms with van der Waals surface area (Å²) in [6, 6.07) is 1.48. The maximum Gasteiger partial charge on any atom is 0.333 e. The maximum absolute atomic E-state index is 12.7. The molecule has 3 amide bonds. The summed E-state index contributed by atoms with van der Waals surface area (Å²) in [7, 11) is 1.64. The van der Waals surface area contributed by atoms with Crippen LogP contribution < -0.4 is 20.8 Å². The minimum Gasteiger partial charge on any atom is -0.492 e. The molecule has 0 aliphatic rings. The van der Waals surface area contributed by atoms with Crippen LogP contribution in [0, 0.1) is 0 Å². The molecule has 1 rings (SSSR count). The fourth-order valence-electron chi connectivity index (χ4n) is 7.77. The third kappa shape index (κ3) is 71.2. The maximum atomic E-state index is 12.7. The van der Waals surface area contributed by atoms with Crippen molar-refractivity contribution in [1.29, 1.82) is 0 Å². The Labute approximate surface area is 596 Å². The normalized spacial score (nSPS) is 11.8. The van der Waals surface area contributed by atoms with E-state index in [4.69, 9.17) is 119 Å². The number of methoxy groups -OCH3 is 1. The third-order valence-corrected chi connectivity index (χ3v) is 12.9. The van der Waals surface area contributed by atoms with Gasteiger partial charge in [-0.25, -0.2) is 4.79 Å². The summed E-state index contributed by atoms with van der Waals surface area (Å²) in [5.41, 5.74) is 0. The number of carbonyl (C=O) groups is 4. The summed E-state index contributed by atoms with van der Waals surface area (Å²) in [5.74, 6) is -2.55. The van der Waals surface area contributed by atoms with E-state index in [0.717, 1.165) is 0 Å². The molecule has 0 fully saturated rings. The highest BCUT2D eigenvalue weighted by molar-refractivity contribution is 5.87. The van der Waals surface area contributed by atoms with Crippen LogP contribution in [0.2, 0.25) is 0 Å². The van der Waals surface area contributed by atoms with E-state index in [1.165, 1.54) is 19.1 Å². The SMILES string of the molecule is COCCOCCOCCOCCOCCOCCOCCOCCOCCOCCOCCOCCOCCOCCOCCOCCOCCOCCOCCOCCOCCOCCOCCOCCNC(=O)C(CCC(=O)NCCCCCC(=O)On1c(O)ccc1O)NC(C)=O. The minimum atomic E-state index is -0.894. The van der Waals surface area contributed by atoms with Crippen molar-refractivity contribution in [2.24, 2.45) is 0 Å². The molecule has 35 heteroatoms. The zero-order valence-electron chi connectivity index (χ0n) is 60.3. The second-order valence-corrected chi connectivity index (χ2v) is 21.1. The van der Waals surface area contributed by atoms with Crippen molar-refractivity contribution >= 4 is 23.7 Å². The lowest BCUT2D eigenvalue weighted by atomic mass is 10.1. The average Bonchev–Trinajstić information content (AvgIpc) is 1.90. The van der Waals surface area contributed by atoms with Crippen LogP contribution in [0.1, 0.15) is 45.4 Å². The first kappa shape index (κ1) is 94.8. The minimum absolute atomic E-state index is 0.0133. The number of hydrogen-bond acceptors (Lipinski definition) is 31. The van der Waals surface area contributed by atoms with Crippen molar-refractivity contribution < 1.29 is 148 Å².